The van der Waals surface area contributed by atoms with Crippen molar-refractivity contribution >= 4 is 33.0 Å². The molecular formula is C21H20N2O4S. The number of nitrogens with one attached hydrogen (secondary N) is 1. The number of nitrogens with zero attached hydrogens (tertiary/aromatic N) is 1. The normalized spacial score (nSPS) is 16.4. The third-order valence-corrected chi connectivity index (χ3v) is 5.72. The van der Waals surface area contributed by atoms with Crippen LogP contribution in [0.1, 0.15) is 11.1 Å². The minimum atomic E-state index is -0.468. The molecule has 1 fully saturated rings. The molecule has 0 bridgehead atoms. The second kappa shape index (κ2) is 7.59. The number of ether oxygens (including phenoxy) is 2. The summed E-state index contributed by atoms with van der Waals surface area (Å²) in [5, 5.41) is 3.41. The monoisotopic (exact) mass is 396 g/mol. The maximum absolute atomic E-state index is 12.0. The number of benzene rings is 2. The third-order valence-electron chi connectivity index (χ3n) is 4.93. The van der Waals surface area contributed by atoms with Crippen LogP contribution in [-0.4, -0.2) is 35.2 Å². The first-order valence-electron chi connectivity index (χ1n) is 8.89. The van der Waals surface area contributed by atoms with Gasteiger partial charge < -0.3 is 19.4 Å². The molecule has 1 N–H and O–H groups in total. The number of hydrogen-bond donors (Lipinski definition) is 1. The zero-order chi connectivity index (χ0) is 19.7. The first kappa shape index (κ1) is 18.4. The largest absolute Gasteiger partial charge is 0.497 e. The highest BCUT2D eigenvalue weighted by atomic mass is 32.2. The van der Waals surface area contributed by atoms with Crippen molar-refractivity contribution in [3.05, 3.63) is 59.8 Å². The van der Waals surface area contributed by atoms with Gasteiger partial charge in [-0.05, 0) is 35.9 Å². The SMILES string of the molecule is COc1ccc(OC)c(Cn2ccc3c(CC4NC(=O)SC4=O)cccc32)c1. The number of rotatable bonds is 6. The minimum absolute atomic E-state index is 0.123. The van der Waals surface area contributed by atoms with E-state index in [1.165, 1.54) is 0 Å². The Hall–Kier alpha value is -2.93. The van der Waals surface area contributed by atoms with E-state index in [0.717, 1.165) is 45.3 Å². The fourth-order valence-corrected chi connectivity index (χ4v) is 4.21. The van der Waals surface area contributed by atoms with E-state index in [9.17, 15) is 9.59 Å². The molecule has 1 amide bonds. The number of carbonyl (C=O) groups excluding carboxylic acids is 2. The van der Waals surface area contributed by atoms with Gasteiger partial charge in [0.1, 0.15) is 17.5 Å². The number of hydrogen-bond acceptors (Lipinski definition) is 5. The lowest BCUT2D eigenvalue weighted by atomic mass is 10.0. The highest BCUT2D eigenvalue weighted by molar-refractivity contribution is 8.26. The highest BCUT2D eigenvalue weighted by Gasteiger charge is 2.31. The Balaban J connectivity index is 1.65. The summed E-state index contributed by atoms with van der Waals surface area (Å²) in [5.74, 6) is 1.58. The molecule has 6 nitrogen and oxygen atoms in total. The van der Waals surface area contributed by atoms with Gasteiger partial charge in [-0.1, -0.05) is 12.1 Å². The second-order valence-electron chi connectivity index (χ2n) is 6.58. The van der Waals surface area contributed by atoms with E-state index in [-0.39, 0.29) is 10.4 Å². The standard InChI is InChI=1S/C21H20N2O4S/c1-26-15-6-7-19(27-2)14(10-15)12-23-9-8-16-13(4-3-5-18(16)23)11-17-20(24)28-21(25)22-17/h3-10,17H,11-12H2,1-2H3,(H,22,25). The number of fused-ring (bicyclic) bond motifs is 1. The van der Waals surface area contributed by atoms with Gasteiger partial charge in [0.05, 0.1) is 20.8 Å². The summed E-state index contributed by atoms with van der Waals surface area (Å²) in [7, 11) is 3.30. The van der Waals surface area contributed by atoms with Crippen molar-refractivity contribution in [1.29, 1.82) is 0 Å². The lowest BCUT2D eigenvalue weighted by molar-refractivity contribution is -0.112. The quantitative estimate of drug-likeness (QED) is 0.689. The van der Waals surface area contributed by atoms with Crippen LogP contribution in [-0.2, 0) is 17.8 Å². The molecule has 3 aromatic rings. The van der Waals surface area contributed by atoms with Gasteiger partial charge in [-0.2, -0.15) is 0 Å². The zero-order valence-corrected chi connectivity index (χ0v) is 16.4. The molecule has 0 spiro atoms. The molecule has 2 heterocycles. The Morgan fingerprint density at radius 3 is 2.64 bits per heavy atom. The summed E-state index contributed by atoms with van der Waals surface area (Å²) in [6.45, 7) is 0.627. The number of methoxy groups -OCH3 is 2. The lowest BCUT2D eigenvalue weighted by Crippen LogP contribution is -2.30. The molecule has 1 aliphatic rings. The molecule has 7 heteroatoms. The van der Waals surface area contributed by atoms with Crippen molar-refractivity contribution in [2.45, 2.75) is 19.0 Å². The minimum Gasteiger partial charge on any atom is -0.497 e. The number of amides is 1. The number of carbonyl (C=O) groups is 2. The summed E-state index contributed by atoms with van der Waals surface area (Å²) >= 11 is 0.748. The van der Waals surface area contributed by atoms with E-state index in [0.29, 0.717) is 13.0 Å². The second-order valence-corrected chi connectivity index (χ2v) is 7.56. The van der Waals surface area contributed by atoms with Crippen molar-refractivity contribution < 1.29 is 19.1 Å². The summed E-state index contributed by atoms with van der Waals surface area (Å²) < 4.78 is 13.0. The summed E-state index contributed by atoms with van der Waals surface area (Å²) in [5.41, 5.74) is 3.11. The van der Waals surface area contributed by atoms with Crippen LogP contribution in [0.3, 0.4) is 0 Å². The van der Waals surface area contributed by atoms with Gasteiger partial charge in [0.15, 0.2) is 0 Å². The molecule has 0 aliphatic carbocycles. The molecule has 28 heavy (non-hydrogen) atoms. The molecule has 1 atom stereocenters. The third kappa shape index (κ3) is 3.45. The average Bonchev–Trinajstić information content (AvgIpc) is 3.25. The van der Waals surface area contributed by atoms with Gasteiger partial charge in [-0.3, -0.25) is 9.59 Å². The molecule has 4 rings (SSSR count). The van der Waals surface area contributed by atoms with Crippen molar-refractivity contribution in [3.8, 4) is 11.5 Å². The van der Waals surface area contributed by atoms with Crippen molar-refractivity contribution in [1.82, 2.24) is 9.88 Å². The van der Waals surface area contributed by atoms with Crippen LogP contribution in [0.25, 0.3) is 10.9 Å². The van der Waals surface area contributed by atoms with E-state index in [2.05, 4.69) is 16.0 Å². The van der Waals surface area contributed by atoms with Gasteiger partial charge >= 0.3 is 0 Å². The van der Waals surface area contributed by atoms with E-state index in [1.807, 2.05) is 42.6 Å². The van der Waals surface area contributed by atoms with Crippen LogP contribution in [0, 0.1) is 0 Å². The van der Waals surface area contributed by atoms with Crippen LogP contribution < -0.4 is 14.8 Å². The van der Waals surface area contributed by atoms with Crippen molar-refractivity contribution in [2.75, 3.05) is 14.2 Å². The molecule has 1 saturated heterocycles. The van der Waals surface area contributed by atoms with Crippen LogP contribution in [0.15, 0.2) is 48.7 Å². The van der Waals surface area contributed by atoms with E-state index in [1.54, 1.807) is 14.2 Å². The smallest absolute Gasteiger partial charge is 0.287 e. The predicted octanol–water partition coefficient (Wildman–Crippen LogP) is 3.60. The Kier molecular flexibility index (Phi) is 5.00. The van der Waals surface area contributed by atoms with Crippen LogP contribution >= 0.6 is 11.8 Å². The topological polar surface area (TPSA) is 69.6 Å². The first-order chi connectivity index (χ1) is 13.6. The molecule has 2 aromatic carbocycles. The molecule has 0 saturated carbocycles. The average molecular weight is 396 g/mol. The molecule has 1 unspecified atom stereocenters. The predicted molar refractivity (Wildman–Crippen MR) is 109 cm³/mol. The summed E-state index contributed by atoms with van der Waals surface area (Å²) in [6, 6.07) is 13.4. The molecule has 1 aromatic heterocycles. The van der Waals surface area contributed by atoms with Gasteiger partial charge in [0.25, 0.3) is 5.24 Å². The Labute approximate surface area is 166 Å². The molecule has 0 radical (unpaired) electrons. The van der Waals surface area contributed by atoms with Crippen LogP contribution in [0.5, 0.6) is 11.5 Å². The molecular weight excluding hydrogens is 376 g/mol. The van der Waals surface area contributed by atoms with Gasteiger partial charge in [-0.25, -0.2) is 0 Å². The summed E-state index contributed by atoms with van der Waals surface area (Å²) in [6.07, 6.45) is 2.51. The molecule has 1 aliphatic heterocycles. The Bertz CT molecular complexity index is 1060. The van der Waals surface area contributed by atoms with Gasteiger partial charge in [0.2, 0.25) is 5.12 Å². The maximum Gasteiger partial charge on any atom is 0.287 e. The zero-order valence-electron chi connectivity index (χ0n) is 15.6. The molecule has 144 valence electrons. The van der Waals surface area contributed by atoms with Gasteiger partial charge in [-0.15, -0.1) is 0 Å². The van der Waals surface area contributed by atoms with E-state index >= 15 is 0 Å². The van der Waals surface area contributed by atoms with Gasteiger partial charge in [0, 0.05) is 40.8 Å². The van der Waals surface area contributed by atoms with Crippen molar-refractivity contribution in [2.24, 2.45) is 0 Å². The van der Waals surface area contributed by atoms with E-state index < -0.39 is 6.04 Å². The summed E-state index contributed by atoms with van der Waals surface area (Å²) in [4.78, 5) is 23.4. The van der Waals surface area contributed by atoms with E-state index in [4.69, 9.17) is 9.47 Å². The van der Waals surface area contributed by atoms with Crippen LogP contribution in [0.4, 0.5) is 4.79 Å². The van der Waals surface area contributed by atoms with Crippen LogP contribution in [0.2, 0.25) is 0 Å². The number of aromatic nitrogens is 1. The number of thioether (sulfide) groups is 1. The Morgan fingerprint density at radius 1 is 1.07 bits per heavy atom. The lowest BCUT2D eigenvalue weighted by Gasteiger charge is -2.13. The highest BCUT2D eigenvalue weighted by Crippen LogP contribution is 2.28. The first-order valence-corrected chi connectivity index (χ1v) is 9.70. The fraction of sp³-hybridized carbons (Fsp3) is 0.238. The van der Waals surface area contributed by atoms with Crippen molar-refractivity contribution in [3.63, 3.8) is 0 Å². The fourth-order valence-electron chi connectivity index (χ4n) is 3.54. The Morgan fingerprint density at radius 2 is 1.93 bits per heavy atom. The maximum atomic E-state index is 12.0.